The average molecular weight is 332 g/mol. The van der Waals surface area contributed by atoms with E-state index in [1.54, 1.807) is 6.33 Å². The van der Waals surface area contributed by atoms with Crippen molar-refractivity contribution in [1.29, 1.82) is 0 Å². The number of piperidine rings is 2. The minimum atomic E-state index is -0.478. The number of hydrogen-bond acceptors (Lipinski definition) is 6. The number of carbonyl (C=O) groups is 1. The number of nitrogens with two attached hydrogens (primary N) is 1. The van der Waals surface area contributed by atoms with Crippen molar-refractivity contribution < 1.29 is 4.79 Å². The van der Waals surface area contributed by atoms with Crippen LogP contribution in [0.2, 0.25) is 0 Å². The molecule has 0 aliphatic carbocycles. The first-order chi connectivity index (χ1) is 11.5. The van der Waals surface area contributed by atoms with E-state index in [1.165, 1.54) is 6.42 Å². The number of anilines is 2. The van der Waals surface area contributed by atoms with Crippen molar-refractivity contribution in [3.63, 3.8) is 0 Å². The van der Waals surface area contributed by atoms with Crippen LogP contribution in [0, 0.1) is 0 Å². The molecule has 7 nitrogen and oxygen atoms in total. The molecule has 2 aliphatic rings. The number of likely N-dealkylation sites (tertiary alicyclic amines) is 1. The maximum absolute atomic E-state index is 12.3. The maximum atomic E-state index is 12.3. The lowest BCUT2D eigenvalue weighted by atomic mass is 9.83. The highest BCUT2D eigenvalue weighted by Gasteiger charge is 2.45. The Morgan fingerprint density at radius 2 is 1.79 bits per heavy atom. The molecule has 1 amide bonds. The van der Waals surface area contributed by atoms with Crippen molar-refractivity contribution in [2.45, 2.75) is 37.6 Å². The molecule has 0 unspecified atom stereocenters. The predicted molar refractivity (Wildman–Crippen MR) is 95.2 cm³/mol. The van der Waals surface area contributed by atoms with Crippen molar-refractivity contribution in [3.8, 4) is 0 Å². The molecular weight excluding hydrogens is 304 g/mol. The first kappa shape index (κ1) is 17.0. The molecule has 1 aromatic heterocycles. The van der Waals surface area contributed by atoms with Gasteiger partial charge in [-0.2, -0.15) is 0 Å². The number of aromatic nitrogens is 2. The topological polar surface area (TPSA) is 78.6 Å². The summed E-state index contributed by atoms with van der Waals surface area (Å²) in [6.45, 7) is 3.56. The fraction of sp³-hybridized carbons (Fsp3) is 0.706. The zero-order valence-electron chi connectivity index (χ0n) is 14.7. The summed E-state index contributed by atoms with van der Waals surface area (Å²) in [6.07, 6.45) is 6.72. The zero-order valence-corrected chi connectivity index (χ0v) is 14.7. The third-order valence-electron chi connectivity index (χ3n) is 5.43. The van der Waals surface area contributed by atoms with E-state index in [1.807, 2.05) is 25.1 Å². The Bertz CT molecular complexity index is 576. The largest absolute Gasteiger partial charge is 0.368 e. The van der Waals surface area contributed by atoms with Gasteiger partial charge in [0.05, 0.1) is 0 Å². The van der Waals surface area contributed by atoms with E-state index in [4.69, 9.17) is 5.73 Å². The molecule has 7 heteroatoms. The van der Waals surface area contributed by atoms with Gasteiger partial charge in [-0.25, -0.2) is 9.97 Å². The highest BCUT2D eigenvalue weighted by molar-refractivity contribution is 5.85. The van der Waals surface area contributed by atoms with Gasteiger partial charge in [-0.15, -0.1) is 0 Å². The molecule has 0 saturated carbocycles. The molecule has 1 aromatic rings. The Balaban J connectivity index is 1.73. The smallest absolute Gasteiger partial charge is 0.238 e. The van der Waals surface area contributed by atoms with Gasteiger partial charge in [0.15, 0.2) is 0 Å². The van der Waals surface area contributed by atoms with Crippen LogP contribution in [0.3, 0.4) is 0 Å². The van der Waals surface area contributed by atoms with Gasteiger partial charge in [-0.1, -0.05) is 6.42 Å². The van der Waals surface area contributed by atoms with Gasteiger partial charge in [0.25, 0.3) is 0 Å². The number of hydrogen-bond donors (Lipinski definition) is 1. The van der Waals surface area contributed by atoms with Crippen LogP contribution in [0.15, 0.2) is 12.4 Å². The van der Waals surface area contributed by atoms with Crippen molar-refractivity contribution in [3.05, 3.63) is 12.4 Å². The van der Waals surface area contributed by atoms with Crippen LogP contribution in [0.25, 0.3) is 0 Å². The summed E-state index contributed by atoms with van der Waals surface area (Å²) in [4.78, 5) is 27.5. The third-order valence-corrected chi connectivity index (χ3v) is 5.43. The van der Waals surface area contributed by atoms with Gasteiger partial charge in [-0.3, -0.25) is 9.69 Å². The van der Waals surface area contributed by atoms with Crippen LogP contribution in [0.5, 0.6) is 0 Å². The predicted octanol–water partition coefficient (Wildman–Crippen LogP) is 0.853. The summed E-state index contributed by atoms with van der Waals surface area (Å²) in [5.41, 5.74) is 5.37. The van der Waals surface area contributed by atoms with E-state index in [-0.39, 0.29) is 5.91 Å². The lowest BCUT2D eigenvalue weighted by Crippen LogP contribution is -2.63. The van der Waals surface area contributed by atoms with Crippen LogP contribution < -0.4 is 15.5 Å². The number of amides is 1. The second-order valence-electron chi connectivity index (χ2n) is 7.06. The molecule has 2 N–H and O–H groups in total. The van der Waals surface area contributed by atoms with Crippen LogP contribution in [0.1, 0.15) is 32.1 Å². The van der Waals surface area contributed by atoms with Gasteiger partial charge in [0.1, 0.15) is 23.5 Å². The lowest BCUT2D eigenvalue weighted by molar-refractivity contribution is -0.132. The highest BCUT2D eigenvalue weighted by atomic mass is 16.1. The monoisotopic (exact) mass is 332 g/mol. The first-order valence-electron chi connectivity index (χ1n) is 8.82. The van der Waals surface area contributed by atoms with Gasteiger partial charge >= 0.3 is 0 Å². The summed E-state index contributed by atoms with van der Waals surface area (Å²) in [7, 11) is 3.94. The SMILES string of the molecule is CN(C)c1cc(N2CCC(C(N)=O)(N3CCCCC3)CC2)ncn1. The summed E-state index contributed by atoms with van der Waals surface area (Å²) in [5, 5.41) is 0. The van der Waals surface area contributed by atoms with Crippen LogP contribution in [-0.2, 0) is 4.79 Å². The highest BCUT2D eigenvalue weighted by Crippen LogP contribution is 2.33. The Hall–Kier alpha value is -1.89. The average Bonchev–Trinajstić information content (AvgIpc) is 2.62. The van der Waals surface area contributed by atoms with E-state index < -0.39 is 5.54 Å². The Morgan fingerprint density at radius 1 is 1.12 bits per heavy atom. The summed E-state index contributed by atoms with van der Waals surface area (Å²) in [6, 6.07) is 2.00. The second-order valence-corrected chi connectivity index (χ2v) is 7.06. The van der Waals surface area contributed by atoms with Crippen molar-refractivity contribution in [2.75, 3.05) is 50.1 Å². The molecule has 0 spiro atoms. The molecule has 0 bridgehead atoms. The second kappa shape index (κ2) is 6.93. The molecule has 132 valence electrons. The van der Waals surface area contributed by atoms with E-state index in [2.05, 4.69) is 19.8 Å². The maximum Gasteiger partial charge on any atom is 0.238 e. The standard InChI is InChI=1S/C17H28N6O/c1-21(2)14-12-15(20-13-19-14)22-10-6-17(7-11-22,16(18)24)23-8-4-3-5-9-23/h12-13H,3-11H2,1-2H3,(H2,18,24). The molecule has 3 heterocycles. The van der Waals surface area contributed by atoms with Crippen molar-refractivity contribution in [2.24, 2.45) is 5.73 Å². The number of carbonyl (C=O) groups excluding carboxylic acids is 1. The van der Waals surface area contributed by atoms with Crippen LogP contribution in [-0.4, -0.2) is 66.6 Å². The minimum Gasteiger partial charge on any atom is -0.368 e. The van der Waals surface area contributed by atoms with Gasteiger partial charge in [0, 0.05) is 33.3 Å². The van der Waals surface area contributed by atoms with E-state index in [0.29, 0.717) is 0 Å². The Labute approximate surface area is 143 Å². The molecule has 3 rings (SSSR count). The fourth-order valence-electron chi connectivity index (χ4n) is 3.90. The molecule has 0 aromatic carbocycles. The molecule has 2 fully saturated rings. The summed E-state index contributed by atoms with van der Waals surface area (Å²) < 4.78 is 0. The van der Waals surface area contributed by atoms with Crippen LogP contribution >= 0.6 is 0 Å². The summed E-state index contributed by atoms with van der Waals surface area (Å²) >= 11 is 0. The number of primary amides is 1. The molecular formula is C17H28N6O. The van der Waals surface area contributed by atoms with E-state index >= 15 is 0 Å². The fourth-order valence-corrected chi connectivity index (χ4v) is 3.90. The van der Waals surface area contributed by atoms with Crippen LogP contribution in [0.4, 0.5) is 11.6 Å². The van der Waals surface area contributed by atoms with Gasteiger partial charge < -0.3 is 15.5 Å². The molecule has 2 aliphatic heterocycles. The molecule has 2 saturated heterocycles. The third kappa shape index (κ3) is 3.17. The van der Waals surface area contributed by atoms with Crippen molar-refractivity contribution in [1.82, 2.24) is 14.9 Å². The lowest BCUT2D eigenvalue weighted by Gasteiger charge is -2.48. The number of rotatable bonds is 4. The van der Waals surface area contributed by atoms with Gasteiger partial charge in [0.2, 0.25) is 5.91 Å². The normalized spacial score (nSPS) is 21.5. The Morgan fingerprint density at radius 3 is 2.38 bits per heavy atom. The first-order valence-corrected chi connectivity index (χ1v) is 8.82. The van der Waals surface area contributed by atoms with E-state index in [0.717, 1.165) is 63.5 Å². The molecule has 0 atom stereocenters. The summed E-state index contributed by atoms with van der Waals surface area (Å²) in [5.74, 6) is 1.65. The van der Waals surface area contributed by atoms with Gasteiger partial charge in [-0.05, 0) is 38.8 Å². The minimum absolute atomic E-state index is 0.166. The molecule has 0 radical (unpaired) electrons. The van der Waals surface area contributed by atoms with Crippen molar-refractivity contribution >= 4 is 17.5 Å². The zero-order chi connectivity index (χ0) is 17.2. The molecule has 24 heavy (non-hydrogen) atoms. The van der Waals surface area contributed by atoms with E-state index in [9.17, 15) is 4.79 Å². The number of nitrogens with zero attached hydrogens (tertiary/aromatic N) is 5. The quantitative estimate of drug-likeness (QED) is 0.881. The Kier molecular flexibility index (Phi) is 4.89.